The van der Waals surface area contributed by atoms with Gasteiger partial charge in [-0.15, -0.1) is 0 Å². The van der Waals surface area contributed by atoms with Crippen LogP contribution in [0.25, 0.3) is 10.2 Å². The van der Waals surface area contributed by atoms with Crippen molar-refractivity contribution in [3.8, 4) is 0 Å². The Morgan fingerprint density at radius 3 is 2.58 bits per heavy atom. The molecule has 2 aromatic carbocycles. The van der Waals surface area contributed by atoms with E-state index in [9.17, 15) is 13.2 Å². The predicted molar refractivity (Wildman–Crippen MR) is 107 cm³/mol. The first kappa shape index (κ1) is 18.3. The fourth-order valence-electron chi connectivity index (χ4n) is 2.71. The number of para-hydroxylation sites is 1. The van der Waals surface area contributed by atoms with Crippen LogP contribution in [0.15, 0.2) is 36.4 Å². The van der Waals surface area contributed by atoms with Crippen molar-refractivity contribution in [3.05, 3.63) is 53.1 Å². The number of rotatable bonds is 4. The van der Waals surface area contributed by atoms with E-state index in [4.69, 9.17) is 0 Å². The van der Waals surface area contributed by atoms with E-state index in [1.807, 2.05) is 26.0 Å². The summed E-state index contributed by atoms with van der Waals surface area (Å²) in [7, 11) is -2.05. The number of nitrogens with one attached hydrogen (secondary N) is 1. The molecule has 0 aliphatic heterocycles. The molecule has 0 aliphatic carbocycles. The highest BCUT2D eigenvalue weighted by atomic mass is 32.2. The minimum Gasteiger partial charge on any atom is -0.298 e. The lowest BCUT2D eigenvalue weighted by atomic mass is 10.1. The van der Waals surface area contributed by atoms with Gasteiger partial charge in [0.05, 0.1) is 27.7 Å². The van der Waals surface area contributed by atoms with Crippen LogP contribution in [0.2, 0.25) is 0 Å². The lowest BCUT2D eigenvalue weighted by molar-refractivity contribution is 0.102. The molecule has 0 bridgehead atoms. The summed E-state index contributed by atoms with van der Waals surface area (Å²) in [5, 5.41) is 3.27. The van der Waals surface area contributed by atoms with Crippen LogP contribution in [-0.4, -0.2) is 32.6 Å². The van der Waals surface area contributed by atoms with Crippen LogP contribution >= 0.6 is 11.3 Å². The Kier molecular flexibility index (Phi) is 4.72. The normalized spacial score (nSPS) is 11.5. The molecule has 1 heterocycles. The summed E-state index contributed by atoms with van der Waals surface area (Å²) in [5.41, 5.74) is 3.64. The molecule has 0 saturated carbocycles. The molecule has 8 heteroatoms. The zero-order valence-electron chi connectivity index (χ0n) is 14.9. The SMILES string of the molecule is Cc1cc(C)c2nc(NC(=O)c3ccccc3N(C)S(C)(=O)=O)sc2c1. The van der Waals surface area contributed by atoms with Crippen LogP contribution in [-0.2, 0) is 10.0 Å². The van der Waals surface area contributed by atoms with Crippen molar-refractivity contribution in [2.75, 3.05) is 22.9 Å². The number of carbonyl (C=O) groups excluding carboxylic acids is 1. The van der Waals surface area contributed by atoms with Crippen LogP contribution in [0.5, 0.6) is 0 Å². The zero-order valence-corrected chi connectivity index (χ0v) is 16.5. The largest absolute Gasteiger partial charge is 0.298 e. The van der Waals surface area contributed by atoms with Crippen molar-refractivity contribution in [3.63, 3.8) is 0 Å². The molecule has 1 N–H and O–H groups in total. The van der Waals surface area contributed by atoms with Crippen LogP contribution in [0, 0.1) is 13.8 Å². The van der Waals surface area contributed by atoms with Gasteiger partial charge in [0.1, 0.15) is 0 Å². The third kappa shape index (κ3) is 3.56. The average Bonchev–Trinajstić information content (AvgIpc) is 2.95. The van der Waals surface area contributed by atoms with Crippen molar-refractivity contribution < 1.29 is 13.2 Å². The first-order chi connectivity index (χ1) is 12.2. The smallest absolute Gasteiger partial charge is 0.259 e. The Morgan fingerprint density at radius 1 is 1.19 bits per heavy atom. The van der Waals surface area contributed by atoms with E-state index in [0.29, 0.717) is 10.8 Å². The standard InChI is InChI=1S/C18H19N3O3S2/c1-11-9-12(2)16-15(10-11)25-18(19-16)20-17(22)13-7-5-6-8-14(13)21(3)26(4,23)24/h5-10H,1-4H3,(H,19,20,22). The van der Waals surface area contributed by atoms with Crippen LogP contribution < -0.4 is 9.62 Å². The van der Waals surface area contributed by atoms with Gasteiger partial charge in [0.25, 0.3) is 5.91 Å². The van der Waals surface area contributed by atoms with E-state index in [0.717, 1.165) is 31.9 Å². The van der Waals surface area contributed by atoms with Gasteiger partial charge in [0.2, 0.25) is 10.0 Å². The number of anilines is 2. The highest BCUT2D eigenvalue weighted by Gasteiger charge is 2.20. The molecular weight excluding hydrogens is 370 g/mol. The molecule has 0 spiro atoms. The fraction of sp³-hybridized carbons (Fsp3) is 0.222. The molecule has 3 aromatic rings. The molecule has 0 unspecified atom stereocenters. The van der Waals surface area contributed by atoms with Gasteiger partial charge in [-0.2, -0.15) is 0 Å². The third-order valence-corrected chi connectivity index (χ3v) is 6.15. The summed E-state index contributed by atoms with van der Waals surface area (Å²) >= 11 is 1.39. The number of aromatic nitrogens is 1. The van der Waals surface area contributed by atoms with Gasteiger partial charge in [0, 0.05) is 7.05 Å². The fourth-order valence-corrected chi connectivity index (χ4v) is 4.26. The Bertz CT molecular complexity index is 1100. The number of benzene rings is 2. The minimum atomic E-state index is -3.48. The molecule has 0 saturated heterocycles. The van der Waals surface area contributed by atoms with Gasteiger partial charge in [-0.3, -0.25) is 14.4 Å². The molecule has 1 aromatic heterocycles. The Morgan fingerprint density at radius 2 is 1.88 bits per heavy atom. The van der Waals surface area contributed by atoms with E-state index in [2.05, 4.69) is 10.3 Å². The molecule has 136 valence electrons. The van der Waals surface area contributed by atoms with Gasteiger partial charge in [-0.05, 0) is 43.2 Å². The number of fused-ring (bicyclic) bond motifs is 1. The van der Waals surface area contributed by atoms with Crippen molar-refractivity contribution in [2.24, 2.45) is 0 Å². The number of carbonyl (C=O) groups is 1. The second kappa shape index (κ2) is 6.69. The highest BCUT2D eigenvalue weighted by Crippen LogP contribution is 2.30. The molecule has 3 rings (SSSR count). The van der Waals surface area contributed by atoms with Crippen molar-refractivity contribution in [2.45, 2.75) is 13.8 Å². The number of thiazole rings is 1. The average molecular weight is 390 g/mol. The van der Waals surface area contributed by atoms with E-state index >= 15 is 0 Å². The maximum Gasteiger partial charge on any atom is 0.259 e. The number of sulfonamides is 1. The summed E-state index contributed by atoms with van der Waals surface area (Å²) in [6, 6.07) is 10.7. The molecule has 0 radical (unpaired) electrons. The summed E-state index contributed by atoms with van der Waals surface area (Å²) in [6.07, 6.45) is 1.10. The summed E-state index contributed by atoms with van der Waals surface area (Å²) < 4.78 is 25.8. The van der Waals surface area contributed by atoms with Gasteiger partial charge in [-0.1, -0.05) is 29.5 Å². The number of aryl methyl sites for hydroxylation is 2. The third-order valence-electron chi connectivity index (χ3n) is 4.04. The van der Waals surface area contributed by atoms with E-state index in [-0.39, 0.29) is 5.56 Å². The van der Waals surface area contributed by atoms with E-state index < -0.39 is 15.9 Å². The maximum absolute atomic E-state index is 12.7. The van der Waals surface area contributed by atoms with Gasteiger partial charge < -0.3 is 0 Å². The van der Waals surface area contributed by atoms with Crippen LogP contribution in [0.4, 0.5) is 10.8 Å². The zero-order chi connectivity index (χ0) is 19.1. The Labute approximate surface area is 156 Å². The highest BCUT2D eigenvalue weighted by molar-refractivity contribution is 7.92. The second-order valence-electron chi connectivity index (χ2n) is 6.15. The number of amides is 1. The van der Waals surface area contributed by atoms with Gasteiger partial charge >= 0.3 is 0 Å². The first-order valence-electron chi connectivity index (χ1n) is 7.89. The Balaban J connectivity index is 1.96. The number of hydrogen-bond acceptors (Lipinski definition) is 5. The quantitative estimate of drug-likeness (QED) is 0.740. The molecule has 1 amide bonds. The summed E-state index contributed by atoms with van der Waals surface area (Å²) in [6.45, 7) is 4.00. The minimum absolute atomic E-state index is 0.271. The number of hydrogen-bond donors (Lipinski definition) is 1. The van der Waals surface area contributed by atoms with Crippen molar-refractivity contribution >= 4 is 48.3 Å². The van der Waals surface area contributed by atoms with Crippen molar-refractivity contribution in [1.82, 2.24) is 4.98 Å². The molecule has 0 fully saturated rings. The van der Waals surface area contributed by atoms with Crippen molar-refractivity contribution in [1.29, 1.82) is 0 Å². The topological polar surface area (TPSA) is 79.4 Å². The summed E-state index contributed by atoms with van der Waals surface area (Å²) in [4.78, 5) is 17.2. The van der Waals surface area contributed by atoms with Gasteiger partial charge in [0.15, 0.2) is 5.13 Å². The molecule has 0 aliphatic rings. The lowest BCUT2D eigenvalue weighted by Gasteiger charge is -2.19. The molecule has 0 atom stereocenters. The molecule has 26 heavy (non-hydrogen) atoms. The summed E-state index contributed by atoms with van der Waals surface area (Å²) in [5.74, 6) is -0.399. The van der Waals surface area contributed by atoms with Crippen LogP contribution in [0.3, 0.4) is 0 Å². The van der Waals surface area contributed by atoms with Crippen LogP contribution in [0.1, 0.15) is 21.5 Å². The molecule has 6 nitrogen and oxygen atoms in total. The van der Waals surface area contributed by atoms with Gasteiger partial charge in [-0.25, -0.2) is 13.4 Å². The second-order valence-corrected chi connectivity index (χ2v) is 9.19. The predicted octanol–water partition coefficient (Wildman–Crippen LogP) is 3.56. The molecular formula is C18H19N3O3S2. The van der Waals surface area contributed by atoms with E-state index in [1.165, 1.54) is 18.4 Å². The maximum atomic E-state index is 12.7. The first-order valence-corrected chi connectivity index (χ1v) is 10.6. The van der Waals surface area contributed by atoms with E-state index in [1.54, 1.807) is 24.3 Å². The Hall–Kier alpha value is -2.45. The lowest BCUT2D eigenvalue weighted by Crippen LogP contribution is -2.27. The number of nitrogens with zero attached hydrogens (tertiary/aromatic N) is 2. The monoisotopic (exact) mass is 389 g/mol.